The molecule has 0 unspecified atom stereocenters. The number of nitrogens with zero attached hydrogens (tertiary/aromatic N) is 4. The standard InChI is InChI=1S/C19H24N4O3S/c24-17(6-5-16-20-18(21-26-16)15-7-12-27-13-15)22-8-10-23(11-9-22)19(25)14-3-1-2-4-14/h7,12-14H,1-6,8-11H2. The molecule has 0 spiro atoms. The smallest absolute Gasteiger partial charge is 0.227 e. The van der Waals surface area contributed by atoms with Gasteiger partial charge in [0.05, 0.1) is 0 Å². The van der Waals surface area contributed by atoms with Gasteiger partial charge in [-0.3, -0.25) is 9.59 Å². The molecule has 0 atom stereocenters. The normalized spacial score (nSPS) is 18.2. The third-order valence-electron chi connectivity index (χ3n) is 5.45. The van der Waals surface area contributed by atoms with Crippen LogP contribution in [0.25, 0.3) is 11.4 Å². The number of piperazine rings is 1. The van der Waals surface area contributed by atoms with Gasteiger partial charge in [-0.15, -0.1) is 0 Å². The molecule has 27 heavy (non-hydrogen) atoms. The van der Waals surface area contributed by atoms with E-state index in [1.165, 1.54) is 12.8 Å². The summed E-state index contributed by atoms with van der Waals surface area (Å²) in [5, 5.41) is 7.90. The van der Waals surface area contributed by atoms with E-state index in [-0.39, 0.29) is 17.7 Å². The zero-order chi connectivity index (χ0) is 18.6. The molecule has 2 amide bonds. The molecule has 1 aliphatic carbocycles. The lowest BCUT2D eigenvalue weighted by Gasteiger charge is -2.36. The number of aromatic nitrogens is 2. The molecular formula is C19H24N4O3S. The summed E-state index contributed by atoms with van der Waals surface area (Å²) >= 11 is 1.58. The molecule has 0 N–H and O–H groups in total. The summed E-state index contributed by atoms with van der Waals surface area (Å²) in [4.78, 5) is 33.1. The van der Waals surface area contributed by atoms with Gasteiger partial charge in [0, 0.05) is 55.9 Å². The van der Waals surface area contributed by atoms with Gasteiger partial charge in [-0.2, -0.15) is 16.3 Å². The fraction of sp³-hybridized carbons (Fsp3) is 0.579. The first-order valence-electron chi connectivity index (χ1n) is 9.62. The molecule has 2 fully saturated rings. The summed E-state index contributed by atoms with van der Waals surface area (Å²) in [6.07, 6.45) is 5.17. The maximum absolute atomic E-state index is 12.5. The van der Waals surface area contributed by atoms with Crippen LogP contribution < -0.4 is 0 Å². The number of carbonyl (C=O) groups is 2. The van der Waals surface area contributed by atoms with Gasteiger partial charge >= 0.3 is 0 Å². The number of carbonyl (C=O) groups excluding carboxylic acids is 2. The average Bonchev–Trinajstić information content (AvgIpc) is 3.47. The topological polar surface area (TPSA) is 79.5 Å². The first kappa shape index (κ1) is 18.2. The maximum Gasteiger partial charge on any atom is 0.227 e. The first-order chi connectivity index (χ1) is 13.2. The summed E-state index contributed by atoms with van der Waals surface area (Å²) in [5.41, 5.74) is 0.935. The molecule has 1 saturated heterocycles. The van der Waals surface area contributed by atoms with Crippen molar-refractivity contribution >= 4 is 23.2 Å². The Kier molecular flexibility index (Phi) is 5.52. The highest BCUT2D eigenvalue weighted by Gasteiger charge is 2.30. The van der Waals surface area contributed by atoms with E-state index in [0.29, 0.717) is 50.7 Å². The van der Waals surface area contributed by atoms with E-state index in [2.05, 4.69) is 10.1 Å². The minimum Gasteiger partial charge on any atom is -0.339 e. The van der Waals surface area contributed by atoms with Crippen LogP contribution in [0.15, 0.2) is 21.3 Å². The zero-order valence-electron chi connectivity index (χ0n) is 15.3. The Hall–Kier alpha value is -2.22. The lowest BCUT2D eigenvalue weighted by atomic mass is 10.1. The molecule has 0 aromatic carbocycles. The molecule has 1 saturated carbocycles. The highest BCUT2D eigenvalue weighted by Crippen LogP contribution is 2.27. The quantitative estimate of drug-likeness (QED) is 0.787. The molecule has 0 radical (unpaired) electrons. The predicted molar refractivity (Wildman–Crippen MR) is 101 cm³/mol. The van der Waals surface area contributed by atoms with E-state index in [9.17, 15) is 9.59 Å². The van der Waals surface area contributed by atoms with Crippen LogP contribution in [0.1, 0.15) is 38.0 Å². The van der Waals surface area contributed by atoms with Crippen molar-refractivity contribution in [3.05, 3.63) is 22.7 Å². The minimum absolute atomic E-state index is 0.0817. The molecule has 144 valence electrons. The van der Waals surface area contributed by atoms with Crippen molar-refractivity contribution in [2.45, 2.75) is 38.5 Å². The molecule has 3 heterocycles. The second-order valence-electron chi connectivity index (χ2n) is 7.21. The molecule has 7 nitrogen and oxygen atoms in total. The van der Waals surface area contributed by atoms with Gasteiger partial charge < -0.3 is 14.3 Å². The molecule has 2 aromatic heterocycles. The lowest BCUT2D eigenvalue weighted by Crippen LogP contribution is -2.51. The Balaban J connectivity index is 1.23. The number of hydrogen-bond donors (Lipinski definition) is 0. The Morgan fingerprint density at radius 3 is 2.59 bits per heavy atom. The van der Waals surface area contributed by atoms with E-state index < -0.39 is 0 Å². The van der Waals surface area contributed by atoms with E-state index in [1.54, 1.807) is 11.3 Å². The van der Waals surface area contributed by atoms with Gasteiger partial charge in [0.1, 0.15) is 0 Å². The lowest BCUT2D eigenvalue weighted by molar-refractivity contribution is -0.142. The van der Waals surface area contributed by atoms with Gasteiger partial charge in [0.15, 0.2) is 0 Å². The van der Waals surface area contributed by atoms with Crippen molar-refractivity contribution < 1.29 is 14.1 Å². The summed E-state index contributed by atoms with van der Waals surface area (Å²) in [7, 11) is 0. The summed E-state index contributed by atoms with van der Waals surface area (Å²) < 4.78 is 5.25. The predicted octanol–water partition coefficient (Wildman–Crippen LogP) is 2.59. The number of rotatable bonds is 5. The first-order valence-corrected chi connectivity index (χ1v) is 10.6. The van der Waals surface area contributed by atoms with Crippen LogP contribution in [0.5, 0.6) is 0 Å². The Labute approximate surface area is 162 Å². The Bertz CT molecular complexity index is 775. The second-order valence-corrected chi connectivity index (χ2v) is 7.99. The van der Waals surface area contributed by atoms with Crippen LogP contribution in [0, 0.1) is 5.92 Å². The van der Waals surface area contributed by atoms with Gasteiger partial charge in [0.25, 0.3) is 0 Å². The summed E-state index contributed by atoms with van der Waals surface area (Å²) in [6, 6.07) is 1.94. The van der Waals surface area contributed by atoms with E-state index >= 15 is 0 Å². The van der Waals surface area contributed by atoms with E-state index in [0.717, 1.165) is 18.4 Å². The number of amides is 2. The van der Waals surface area contributed by atoms with Crippen LogP contribution in [-0.4, -0.2) is 57.9 Å². The monoisotopic (exact) mass is 388 g/mol. The zero-order valence-corrected chi connectivity index (χ0v) is 16.1. The number of thiophene rings is 1. The van der Waals surface area contributed by atoms with Crippen molar-refractivity contribution in [3.8, 4) is 11.4 Å². The van der Waals surface area contributed by atoms with Crippen molar-refractivity contribution in [3.63, 3.8) is 0 Å². The van der Waals surface area contributed by atoms with Crippen molar-refractivity contribution in [2.24, 2.45) is 5.92 Å². The van der Waals surface area contributed by atoms with Crippen LogP contribution in [-0.2, 0) is 16.0 Å². The van der Waals surface area contributed by atoms with Crippen LogP contribution in [0.3, 0.4) is 0 Å². The SMILES string of the molecule is O=C(CCc1nc(-c2ccsc2)no1)N1CCN(C(=O)C2CCCC2)CC1. The van der Waals surface area contributed by atoms with Crippen LogP contribution in [0.2, 0.25) is 0 Å². The molecule has 2 aliphatic rings. The molecular weight excluding hydrogens is 364 g/mol. The Morgan fingerprint density at radius 1 is 1.15 bits per heavy atom. The van der Waals surface area contributed by atoms with Crippen LogP contribution >= 0.6 is 11.3 Å². The highest BCUT2D eigenvalue weighted by molar-refractivity contribution is 7.08. The largest absolute Gasteiger partial charge is 0.339 e. The van der Waals surface area contributed by atoms with Gasteiger partial charge in [-0.05, 0) is 24.3 Å². The molecule has 4 rings (SSSR count). The fourth-order valence-corrected chi connectivity index (χ4v) is 4.48. The maximum atomic E-state index is 12.5. The number of aryl methyl sites for hydroxylation is 1. The third-order valence-corrected chi connectivity index (χ3v) is 6.13. The summed E-state index contributed by atoms with van der Waals surface area (Å²) in [5.74, 6) is 1.63. The molecule has 8 heteroatoms. The van der Waals surface area contributed by atoms with Crippen LogP contribution in [0.4, 0.5) is 0 Å². The average molecular weight is 388 g/mol. The van der Waals surface area contributed by atoms with Gasteiger partial charge in [-0.1, -0.05) is 18.0 Å². The molecule has 2 aromatic rings. The second kappa shape index (κ2) is 8.21. The fourth-order valence-electron chi connectivity index (χ4n) is 3.84. The third kappa shape index (κ3) is 4.21. The summed E-state index contributed by atoms with van der Waals surface area (Å²) in [6.45, 7) is 2.51. The number of hydrogen-bond acceptors (Lipinski definition) is 6. The minimum atomic E-state index is 0.0817. The molecule has 1 aliphatic heterocycles. The van der Waals surface area contributed by atoms with Gasteiger partial charge in [0.2, 0.25) is 23.5 Å². The Morgan fingerprint density at radius 2 is 1.89 bits per heavy atom. The molecule has 0 bridgehead atoms. The van der Waals surface area contributed by atoms with E-state index in [4.69, 9.17) is 4.52 Å². The van der Waals surface area contributed by atoms with Crippen molar-refractivity contribution in [1.82, 2.24) is 19.9 Å². The van der Waals surface area contributed by atoms with E-state index in [1.807, 2.05) is 26.6 Å². The van der Waals surface area contributed by atoms with Crippen molar-refractivity contribution in [2.75, 3.05) is 26.2 Å². The van der Waals surface area contributed by atoms with Crippen molar-refractivity contribution in [1.29, 1.82) is 0 Å². The highest BCUT2D eigenvalue weighted by atomic mass is 32.1. The van der Waals surface area contributed by atoms with Gasteiger partial charge in [-0.25, -0.2) is 0 Å².